The van der Waals surface area contributed by atoms with Gasteiger partial charge in [-0.05, 0) is 6.08 Å². The summed E-state index contributed by atoms with van der Waals surface area (Å²) in [5.41, 5.74) is 3.97. The first-order chi connectivity index (χ1) is 16.5. The van der Waals surface area contributed by atoms with Crippen LogP contribution in [0.3, 0.4) is 0 Å². The largest absolute Gasteiger partial charge is 1.00 e. The van der Waals surface area contributed by atoms with Gasteiger partial charge in [-0.3, -0.25) is 14.5 Å². The molecule has 2 aliphatic rings. The van der Waals surface area contributed by atoms with Crippen LogP contribution in [0.5, 0.6) is 0 Å². The van der Waals surface area contributed by atoms with Crippen molar-refractivity contribution in [1.29, 1.82) is 0 Å². The van der Waals surface area contributed by atoms with Crippen molar-refractivity contribution < 1.29 is 67.4 Å². The molecule has 2 aromatic rings. The zero-order valence-corrected chi connectivity index (χ0v) is 22.4. The minimum absolute atomic E-state index is 0. The standard InChI is InChI=1S/C18H13F3N6O5S3.Na/c19-18(20,21)13-8(34-5-23-13)2-1-6-12(16(30)31)27-9(28)3-10(27)35-15(6)25-14(29)11(26-32)7-4-33-17(22)24-7;/h1-2,4-5,10,15,32H,3H2,(H2,22,24)(H,25,29)(H,30,31);/q;+1/p-1/t10-,15?;/m0./s1. The molecule has 2 atom stereocenters. The molecule has 0 aromatic carbocycles. The van der Waals surface area contributed by atoms with Gasteiger partial charge in [-0.25, -0.2) is 9.97 Å². The third-order valence-electron chi connectivity index (χ3n) is 4.81. The summed E-state index contributed by atoms with van der Waals surface area (Å²) in [6, 6.07) is 0. The van der Waals surface area contributed by atoms with Crippen LogP contribution in [0.2, 0.25) is 0 Å². The number of nitrogen functional groups attached to an aromatic ring is 1. The van der Waals surface area contributed by atoms with Crippen molar-refractivity contribution in [3.8, 4) is 0 Å². The number of thioether (sulfide) groups is 1. The molecule has 0 aliphatic carbocycles. The van der Waals surface area contributed by atoms with Crippen LogP contribution in [-0.2, 0) is 20.6 Å². The zero-order valence-electron chi connectivity index (χ0n) is 18.0. The number of aliphatic carboxylic acids is 1. The fourth-order valence-electron chi connectivity index (χ4n) is 3.30. The number of amides is 2. The van der Waals surface area contributed by atoms with Crippen molar-refractivity contribution >= 4 is 69.1 Å². The Bertz CT molecular complexity index is 1310. The molecule has 184 valence electrons. The van der Waals surface area contributed by atoms with Gasteiger partial charge in [-0.1, -0.05) is 11.2 Å². The number of nitrogens with one attached hydrogen (secondary N) is 1. The van der Waals surface area contributed by atoms with Crippen LogP contribution in [0.4, 0.5) is 18.3 Å². The predicted molar refractivity (Wildman–Crippen MR) is 118 cm³/mol. The maximum Gasteiger partial charge on any atom is 1.00 e. The number of thiazole rings is 2. The van der Waals surface area contributed by atoms with Gasteiger partial charge in [0, 0.05) is 11.0 Å². The third kappa shape index (κ3) is 5.45. The fraction of sp³-hybridized carbons (Fsp3) is 0.222. The average Bonchev–Trinajstić information content (AvgIpc) is 3.41. The van der Waals surface area contributed by atoms with E-state index in [2.05, 4.69) is 20.4 Å². The van der Waals surface area contributed by atoms with E-state index in [-0.39, 0.29) is 57.3 Å². The maximum atomic E-state index is 13.2. The van der Waals surface area contributed by atoms with Gasteiger partial charge in [0.05, 0.1) is 33.8 Å². The Hall–Kier alpha value is -2.44. The molecule has 2 aromatic heterocycles. The number of hydrogen-bond donors (Lipinski definition) is 3. The summed E-state index contributed by atoms with van der Waals surface area (Å²) >= 11 is 2.62. The smallest absolute Gasteiger partial charge is 0.543 e. The van der Waals surface area contributed by atoms with Crippen LogP contribution < -0.4 is 45.7 Å². The number of anilines is 1. The topological polar surface area (TPSA) is 174 Å². The van der Waals surface area contributed by atoms with Gasteiger partial charge in [0.2, 0.25) is 5.91 Å². The third-order valence-corrected chi connectivity index (χ3v) is 7.61. The molecule has 1 unspecified atom stereocenters. The van der Waals surface area contributed by atoms with Crippen molar-refractivity contribution in [2.45, 2.75) is 23.3 Å². The number of aromatic nitrogens is 2. The Labute approximate surface area is 234 Å². The molecule has 4 rings (SSSR count). The van der Waals surface area contributed by atoms with Crippen LogP contribution in [0.15, 0.2) is 33.4 Å². The molecule has 2 amide bonds. The number of carboxylic acids is 1. The minimum atomic E-state index is -4.75. The summed E-state index contributed by atoms with van der Waals surface area (Å²) in [6.07, 6.45) is -2.74. The normalized spacial score (nSPS) is 20.1. The van der Waals surface area contributed by atoms with Gasteiger partial charge < -0.3 is 26.2 Å². The van der Waals surface area contributed by atoms with E-state index in [0.29, 0.717) is 11.3 Å². The number of nitrogens with zero attached hydrogens (tertiary/aromatic N) is 4. The second-order valence-corrected chi connectivity index (χ2v) is 9.98. The molecule has 0 bridgehead atoms. The van der Waals surface area contributed by atoms with E-state index in [1.54, 1.807) is 0 Å². The number of β-lactam (4-membered cyclic amide) rings is 1. The number of rotatable bonds is 6. The van der Waals surface area contributed by atoms with Crippen LogP contribution in [-0.4, -0.2) is 54.3 Å². The Morgan fingerprint density at radius 2 is 2.06 bits per heavy atom. The number of fused-ring (bicyclic) bond motifs is 1. The molecule has 0 spiro atoms. The Balaban J connectivity index is 0.00000361. The van der Waals surface area contributed by atoms with E-state index in [1.807, 2.05) is 0 Å². The summed E-state index contributed by atoms with van der Waals surface area (Å²) in [7, 11) is 0. The molecule has 2 aliphatic heterocycles. The van der Waals surface area contributed by atoms with Gasteiger partial charge in [-0.15, -0.1) is 34.4 Å². The van der Waals surface area contributed by atoms with Gasteiger partial charge in [0.15, 0.2) is 16.5 Å². The minimum Gasteiger partial charge on any atom is -0.543 e. The van der Waals surface area contributed by atoms with Gasteiger partial charge in [0.1, 0.15) is 11.1 Å². The van der Waals surface area contributed by atoms with Crippen LogP contribution in [0.25, 0.3) is 6.08 Å². The first-order valence-electron chi connectivity index (χ1n) is 9.37. The van der Waals surface area contributed by atoms with E-state index in [9.17, 15) is 37.9 Å². The average molecular weight is 569 g/mol. The zero-order chi connectivity index (χ0) is 25.5. The Morgan fingerprint density at radius 3 is 2.61 bits per heavy atom. The quantitative estimate of drug-likeness (QED) is 0.115. The Morgan fingerprint density at radius 1 is 1.33 bits per heavy atom. The fourth-order valence-corrected chi connectivity index (χ4v) is 5.96. The van der Waals surface area contributed by atoms with E-state index < -0.39 is 51.8 Å². The molecule has 11 nitrogen and oxygen atoms in total. The van der Waals surface area contributed by atoms with E-state index in [0.717, 1.165) is 45.7 Å². The van der Waals surface area contributed by atoms with E-state index >= 15 is 0 Å². The monoisotopic (exact) mass is 568 g/mol. The molecule has 1 fully saturated rings. The summed E-state index contributed by atoms with van der Waals surface area (Å²) in [6.45, 7) is 0. The van der Waals surface area contributed by atoms with Crippen LogP contribution >= 0.6 is 34.4 Å². The number of nitrogens with two attached hydrogens (primary N) is 1. The van der Waals surface area contributed by atoms with Crippen LogP contribution in [0, 0.1) is 0 Å². The summed E-state index contributed by atoms with van der Waals surface area (Å²) in [5.74, 6) is -3.25. The molecule has 4 heterocycles. The molecular formula is C18H12F3N6NaO5S3. The van der Waals surface area contributed by atoms with Gasteiger partial charge in [-0.2, -0.15) is 13.2 Å². The van der Waals surface area contributed by atoms with E-state index in [4.69, 9.17) is 5.73 Å². The number of halogens is 3. The molecule has 0 radical (unpaired) electrons. The van der Waals surface area contributed by atoms with Crippen molar-refractivity contribution in [3.63, 3.8) is 0 Å². The maximum absolute atomic E-state index is 13.2. The number of oxime groups is 1. The second kappa shape index (κ2) is 10.9. The van der Waals surface area contributed by atoms with E-state index in [1.165, 1.54) is 5.38 Å². The van der Waals surface area contributed by atoms with Gasteiger partial charge >= 0.3 is 35.7 Å². The van der Waals surface area contributed by atoms with Gasteiger partial charge in [0.25, 0.3) is 5.91 Å². The first-order valence-corrected chi connectivity index (χ1v) is 12.1. The van der Waals surface area contributed by atoms with Crippen molar-refractivity contribution in [3.05, 3.63) is 44.5 Å². The second-order valence-electron chi connectivity index (χ2n) is 6.92. The SMILES string of the molecule is Nc1nc(C(=NO)C(=O)NC2S[C@H]3CC(=O)N3C(C(=O)[O-])=C2C=Cc2scnc2C(F)(F)F)cs1.[Na+]. The number of carboxylic acid groups (broad SMARTS) is 1. The summed E-state index contributed by atoms with van der Waals surface area (Å²) < 4.78 is 39.6. The summed E-state index contributed by atoms with van der Waals surface area (Å²) in [4.78, 5) is 44.6. The number of carbonyl (C=O) groups is 3. The summed E-state index contributed by atoms with van der Waals surface area (Å²) in [5, 5.41) is 26.3. The van der Waals surface area contributed by atoms with Crippen LogP contribution in [0.1, 0.15) is 22.7 Å². The molecule has 18 heteroatoms. The number of alkyl halides is 3. The Kier molecular flexibility index (Phi) is 8.51. The first kappa shape index (κ1) is 28.1. The molecule has 1 saturated heterocycles. The molecule has 0 saturated carbocycles. The van der Waals surface area contributed by atoms with Crippen molar-refractivity contribution in [2.24, 2.45) is 5.16 Å². The van der Waals surface area contributed by atoms with Crippen molar-refractivity contribution in [2.75, 3.05) is 5.73 Å². The molecule has 36 heavy (non-hydrogen) atoms. The predicted octanol–water partition coefficient (Wildman–Crippen LogP) is -2.15. The van der Waals surface area contributed by atoms with Crippen molar-refractivity contribution in [1.82, 2.24) is 20.2 Å². The number of hydrogen-bond acceptors (Lipinski definition) is 12. The molecule has 4 N–H and O–H groups in total. The molecular weight excluding hydrogens is 556 g/mol. The number of carbonyl (C=O) groups excluding carboxylic acids is 3.